The molecule has 0 saturated heterocycles. The number of ether oxygens (including phenoxy) is 1. The van der Waals surface area contributed by atoms with Crippen LogP contribution in [0.1, 0.15) is 28.4 Å². The second-order valence-corrected chi connectivity index (χ2v) is 6.39. The van der Waals surface area contributed by atoms with Crippen LogP contribution in [-0.2, 0) is 14.3 Å². The van der Waals surface area contributed by atoms with Gasteiger partial charge in [0.2, 0.25) is 5.91 Å². The standard InChI is InChI=1S/C20H21N3O6/c1-12-6-4-7-13(2)18(12)22-17(24)11-21-19(25)14(3)29-20(26)15-8-5-9-16(10-15)23(27)28/h4-10,14H,11H2,1-3H3,(H,21,25)(H,22,24)/t14-/m1/s1. The summed E-state index contributed by atoms with van der Waals surface area (Å²) in [6, 6.07) is 10.6. The first-order chi connectivity index (χ1) is 13.7. The van der Waals surface area contributed by atoms with Crippen LogP contribution in [0.5, 0.6) is 0 Å². The summed E-state index contributed by atoms with van der Waals surface area (Å²) < 4.78 is 5.02. The zero-order valence-corrected chi connectivity index (χ0v) is 16.2. The Morgan fingerprint density at radius 2 is 1.72 bits per heavy atom. The number of carbonyl (C=O) groups excluding carboxylic acids is 3. The Kier molecular flexibility index (Phi) is 7.02. The average Bonchev–Trinajstić information content (AvgIpc) is 2.69. The summed E-state index contributed by atoms with van der Waals surface area (Å²) >= 11 is 0. The number of non-ortho nitro benzene ring substituents is 1. The van der Waals surface area contributed by atoms with E-state index in [1.807, 2.05) is 32.0 Å². The number of hydrogen-bond acceptors (Lipinski definition) is 6. The van der Waals surface area contributed by atoms with Gasteiger partial charge in [0.25, 0.3) is 11.6 Å². The number of nitrogens with zero attached hydrogens (tertiary/aromatic N) is 1. The lowest BCUT2D eigenvalue weighted by molar-refractivity contribution is -0.384. The van der Waals surface area contributed by atoms with Crippen molar-refractivity contribution in [2.24, 2.45) is 0 Å². The monoisotopic (exact) mass is 399 g/mol. The predicted octanol–water partition coefficient (Wildman–Crippen LogP) is 2.51. The van der Waals surface area contributed by atoms with Gasteiger partial charge in [0.15, 0.2) is 6.10 Å². The summed E-state index contributed by atoms with van der Waals surface area (Å²) in [5, 5.41) is 15.9. The number of nitro benzene ring substituents is 1. The summed E-state index contributed by atoms with van der Waals surface area (Å²) in [5.41, 5.74) is 2.15. The molecule has 29 heavy (non-hydrogen) atoms. The van der Waals surface area contributed by atoms with Gasteiger partial charge in [-0.2, -0.15) is 0 Å². The molecule has 0 aliphatic heterocycles. The van der Waals surface area contributed by atoms with Crippen LogP contribution in [0.15, 0.2) is 42.5 Å². The van der Waals surface area contributed by atoms with Crippen molar-refractivity contribution in [2.75, 3.05) is 11.9 Å². The summed E-state index contributed by atoms with van der Waals surface area (Å²) in [7, 11) is 0. The number of nitrogens with one attached hydrogen (secondary N) is 2. The molecular formula is C20H21N3O6. The molecule has 0 fully saturated rings. The molecule has 0 unspecified atom stereocenters. The van der Waals surface area contributed by atoms with Crippen molar-refractivity contribution < 1.29 is 24.0 Å². The van der Waals surface area contributed by atoms with E-state index in [0.29, 0.717) is 5.69 Å². The third-order valence-corrected chi connectivity index (χ3v) is 4.11. The van der Waals surface area contributed by atoms with Crippen LogP contribution in [0.2, 0.25) is 0 Å². The van der Waals surface area contributed by atoms with E-state index in [9.17, 15) is 24.5 Å². The molecule has 152 valence electrons. The van der Waals surface area contributed by atoms with Crippen molar-refractivity contribution in [3.63, 3.8) is 0 Å². The van der Waals surface area contributed by atoms with Crippen LogP contribution in [-0.4, -0.2) is 35.4 Å². The summed E-state index contributed by atoms with van der Waals surface area (Å²) in [4.78, 5) is 46.4. The number of esters is 1. The third kappa shape index (κ3) is 5.86. The van der Waals surface area contributed by atoms with Crippen LogP contribution in [0.3, 0.4) is 0 Å². The topological polar surface area (TPSA) is 128 Å². The maximum Gasteiger partial charge on any atom is 0.339 e. The molecule has 2 aromatic carbocycles. The lowest BCUT2D eigenvalue weighted by Gasteiger charge is -2.14. The normalized spacial score (nSPS) is 11.3. The van der Waals surface area contributed by atoms with Crippen LogP contribution in [0, 0.1) is 24.0 Å². The second-order valence-electron chi connectivity index (χ2n) is 6.39. The van der Waals surface area contributed by atoms with Gasteiger partial charge in [0.1, 0.15) is 0 Å². The quantitative estimate of drug-likeness (QED) is 0.418. The highest BCUT2D eigenvalue weighted by Crippen LogP contribution is 2.19. The van der Waals surface area contributed by atoms with Gasteiger partial charge in [0, 0.05) is 17.8 Å². The number of rotatable bonds is 7. The maximum absolute atomic E-state index is 12.1. The number of aryl methyl sites for hydroxylation is 2. The average molecular weight is 399 g/mol. The molecular weight excluding hydrogens is 378 g/mol. The summed E-state index contributed by atoms with van der Waals surface area (Å²) in [6.45, 7) is 4.76. The van der Waals surface area contributed by atoms with Crippen LogP contribution in [0.25, 0.3) is 0 Å². The Hall–Kier alpha value is -3.75. The molecule has 2 amide bonds. The molecule has 1 atom stereocenters. The van der Waals surface area contributed by atoms with E-state index in [4.69, 9.17) is 4.74 Å². The highest BCUT2D eigenvalue weighted by Gasteiger charge is 2.21. The molecule has 0 aliphatic rings. The van der Waals surface area contributed by atoms with Gasteiger partial charge in [-0.15, -0.1) is 0 Å². The van der Waals surface area contributed by atoms with E-state index in [2.05, 4.69) is 10.6 Å². The fraction of sp³-hybridized carbons (Fsp3) is 0.250. The molecule has 0 bridgehead atoms. The smallest absolute Gasteiger partial charge is 0.339 e. The van der Waals surface area contributed by atoms with Gasteiger partial charge in [-0.3, -0.25) is 19.7 Å². The van der Waals surface area contributed by atoms with Crippen LogP contribution in [0.4, 0.5) is 11.4 Å². The van der Waals surface area contributed by atoms with Crippen molar-refractivity contribution in [2.45, 2.75) is 26.9 Å². The van der Waals surface area contributed by atoms with Gasteiger partial charge in [-0.25, -0.2) is 4.79 Å². The first kappa shape index (κ1) is 21.5. The Morgan fingerprint density at radius 1 is 1.10 bits per heavy atom. The van der Waals surface area contributed by atoms with Gasteiger partial charge in [-0.1, -0.05) is 24.3 Å². The van der Waals surface area contributed by atoms with E-state index in [-0.39, 0.29) is 17.8 Å². The van der Waals surface area contributed by atoms with Gasteiger partial charge in [0.05, 0.1) is 17.0 Å². The highest BCUT2D eigenvalue weighted by atomic mass is 16.6. The van der Waals surface area contributed by atoms with E-state index >= 15 is 0 Å². The Morgan fingerprint density at radius 3 is 2.34 bits per heavy atom. The van der Waals surface area contributed by atoms with Gasteiger partial charge < -0.3 is 15.4 Å². The summed E-state index contributed by atoms with van der Waals surface area (Å²) in [6.07, 6.45) is -1.19. The van der Waals surface area contributed by atoms with E-state index in [0.717, 1.165) is 17.2 Å². The zero-order valence-electron chi connectivity index (χ0n) is 16.2. The Bertz CT molecular complexity index is 937. The molecule has 0 aliphatic carbocycles. The van der Waals surface area contributed by atoms with E-state index in [1.54, 1.807) is 0 Å². The van der Waals surface area contributed by atoms with Crippen LogP contribution < -0.4 is 10.6 Å². The number of amides is 2. The largest absolute Gasteiger partial charge is 0.449 e. The number of anilines is 1. The van der Waals surface area contributed by atoms with Crippen molar-refractivity contribution >= 4 is 29.2 Å². The number of hydrogen-bond donors (Lipinski definition) is 2. The number of para-hydroxylation sites is 1. The maximum atomic E-state index is 12.1. The Labute approximate surface area is 167 Å². The number of carbonyl (C=O) groups is 3. The second kappa shape index (κ2) is 9.45. The fourth-order valence-corrected chi connectivity index (χ4v) is 2.53. The molecule has 2 N–H and O–H groups in total. The molecule has 0 saturated carbocycles. The number of nitro groups is 1. The molecule has 9 heteroatoms. The fourth-order valence-electron chi connectivity index (χ4n) is 2.53. The molecule has 2 rings (SSSR count). The molecule has 0 aromatic heterocycles. The van der Waals surface area contributed by atoms with Gasteiger partial charge in [-0.05, 0) is 38.0 Å². The van der Waals surface area contributed by atoms with E-state index < -0.39 is 28.8 Å². The zero-order chi connectivity index (χ0) is 21.6. The molecule has 0 radical (unpaired) electrons. The lowest BCUT2D eigenvalue weighted by atomic mass is 10.1. The minimum atomic E-state index is -1.19. The molecule has 9 nitrogen and oxygen atoms in total. The van der Waals surface area contributed by atoms with E-state index in [1.165, 1.54) is 25.1 Å². The highest BCUT2D eigenvalue weighted by molar-refractivity contribution is 5.97. The van der Waals surface area contributed by atoms with Gasteiger partial charge >= 0.3 is 5.97 Å². The minimum absolute atomic E-state index is 0.0494. The Balaban J connectivity index is 1.88. The first-order valence-corrected chi connectivity index (χ1v) is 8.78. The van der Waals surface area contributed by atoms with Crippen LogP contribution >= 0.6 is 0 Å². The molecule has 0 spiro atoms. The SMILES string of the molecule is Cc1cccc(C)c1NC(=O)CNC(=O)[C@@H](C)OC(=O)c1cccc([N+](=O)[O-])c1. The van der Waals surface area contributed by atoms with Crippen molar-refractivity contribution in [3.05, 3.63) is 69.3 Å². The van der Waals surface area contributed by atoms with Crippen molar-refractivity contribution in [1.82, 2.24) is 5.32 Å². The first-order valence-electron chi connectivity index (χ1n) is 8.78. The predicted molar refractivity (Wildman–Crippen MR) is 106 cm³/mol. The summed E-state index contributed by atoms with van der Waals surface area (Å²) in [5.74, 6) is -1.97. The minimum Gasteiger partial charge on any atom is -0.449 e. The van der Waals surface area contributed by atoms with Crippen molar-refractivity contribution in [1.29, 1.82) is 0 Å². The molecule has 2 aromatic rings. The third-order valence-electron chi connectivity index (χ3n) is 4.11. The van der Waals surface area contributed by atoms with Crippen molar-refractivity contribution in [3.8, 4) is 0 Å². The molecule has 0 heterocycles. The number of benzene rings is 2. The lowest BCUT2D eigenvalue weighted by Crippen LogP contribution is -2.40.